The standard InChI is InChI=1S/C20H24N2O2S.C4H10.C4H6.C3H6.C2H6/c1-5-7-9-15(20(23)24)10-13(3)19-22-18(12-25-19)17-11-21-14(4)16(17)8-6-2;2*1-3-4-2;1-3-2;1-2/h6,8-12,21H,5,7H2,1-4H3,(H,23,24);3-4H2,1-2H3;1H,4H2,2H3;3H,1H2,2H3;1-2H3/b8-6-,13-10+,15-9+;;;;. The Morgan fingerprint density at radius 3 is 2.16 bits per heavy atom. The van der Waals surface area contributed by atoms with Crippen LogP contribution in [0.3, 0.4) is 0 Å². The smallest absolute Gasteiger partial charge is 0.335 e. The summed E-state index contributed by atoms with van der Waals surface area (Å²) in [5.41, 5.74) is 5.38. The fraction of sp³-hybridized carbons (Fsp3) is 0.455. The third-order valence-corrected chi connectivity index (χ3v) is 5.53. The summed E-state index contributed by atoms with van der Waals surface area (Å²) in [6.45, 7) is 23.5. The van der Waals surface area contributed by atoms with Crippen LogP contribution in [0.4, 0.5) is 0 Å². The zero-order valence-electron chi connectivity index (χ0n) is 25.6. The van der Waals surface area contributed by atoms with Crippen molar-refractivity contribution in [1.82, 2.24) is 9.97 Å². The molecule has 2 aromatic heterocycles. The number of aromatic amines is 1. The van der Waals surface area contributed by atoms with Gasteiger partial charge in [-0.2, -0.15) is 0 Å². The van der Waals surface area contributed by atoms with E-state index in [2.05, 4.69) is 37.4 Å². The first-order valence-corrected chi connectivity index (χ1v) is 14.5. The highest BCUT2D eigenvalue weighted by molar-refractivity contribution is 7.11. The molecule has 5 heteroatoms. The number of carbonyl (C=O) groups is 1. The SMILES string of the molecule is C#CCC.C/C=C\c1c(-c2csc(/C(C)=C/C(=C\CCC)C(=O)O)n2)c[nH]c1C.C=CC.CC.CCCC. The second kappa shape index (κ2) is 26.9. The Kier molecular flexibility index (Phi) is 28.0. The van der Waals surface area contributed by atoms with Gasteiger partial charge in [0.1, 0.15) is 5.01 Å². The minimum atomic E-state index is -0.902. The number of nitrogens with one attached hydrogen (secondary N) is 1. The van der Waals surface area contributed by atoms with E-state index in [0.717, 1.165) is 52.4 Å². The number of rotatable bonds is 8. The van der Waals surface area contributed by atoms with Gasteiger partial charge in [-0.3, -0.25) is 0 Å². The first kappa shape index (κ1) is 39.4. The minimum Gasteiger partial charge on any atom is -0.478 e. The molecule has 0 aromatic carbocycles. The van der Waals surface area contributed by atoms with Gasteiger partial charge >= 0.3 is 5.97 Å². The summed E-state index contributed by atoms with van der Waals surface area (Å²) in [5.74, 6) is 1.53. The van der Waals surface area contributed by atoms with E-state index in [1.165, 1.54) is 24.2 Å². The highest BCUT2D eigenvalue weighted by atomic mass is 32.1. The van der Waals surface area contributed by atoms with Crippen LogP contribution >= 0.6 is 11.3 Å². The summed E-state index contributed by atoms with van der Waals surface area (Å²) < 4.78 is 0. The van der Waals surface area contributed by atoms with E-state index >= 15 is 0 Å². The van der Waals surface area contributed by atoms with E-state index in [0.29, 0.717) is 5.57 Å². The molecule has 2 heterocycles. The molecular formula is C33H52N2O2S. The van der Waals surface area contributed by atoms with Crippen LogP contribution < -0.4 is 0 Å². The maximum atomic E-state index is 11.4. The van der Waals surface area contributed by atoms with Crippen molar-refractivity contribution in [3.63, 3.8) is 0 Å². The summed E-state index contributed by atoms with van der Waals surface area (Å²) in [7, 11) is 0. The van der Waals surface area contributed by atoms with Crippen LogP contribution in [0.5, 0.6) is 0 Å². The lowest BCUT2D eigenvalue weighted by Crippen LogP contribution is -1.98. The fourth-order valence-corrected chi connectivity index (χ4v) is 3.31. The maximum Gasteiger partial charge on any atom is 0.335 e. The molecule has 2 aromatic rings. The van der Waals surface area contributed by atoms with Crippen molar-refractivity contribution in [2.24, 2.45) is 0 Å². The molecular weight excluding hydrogens is 488 g/mol. The Bertz CT molecular complexity index is 1010. The van der Waals surface area contributed by atoms with Gasteiger partial charge in [-0.15, -0.1) is 30.3 Å². The Hall–Kier alpha value is -3.10. The van der Waals surface area contributed by atoms with Crippen LogP contribution in [0.1, 0.15) is 111 Å². The number of unbranched alkanes of at least 4 members (excludes halogenated alkanes) is 2. The average Bonchev–Trinajstić information content (AvgIpc) is 3.55. The number of hydrogen-bond acceptors (Lipinski definition) is 3. The van der Waals surface area contributed by atoms with Crippen LogP contribution in [0, 0.1) is 19.3 Å². The molecule has 38 heavy (non-hydrogen) atoms. The number of H-pyrrole nitrogens is 1. The van der Waals surface area contributed by atoms with Crippen molar-refractivity contribution in [2.75, 3.05) is 0 Å². The maximum absolute atomic E-state index is 11.4. The van der Waals surface area contributed by atoms with Crippen molar-refractivity contribution >= 4 is 29.0 Å². The molecule has 0 radical (unpaired) electrons. The number of hydrogen-bond donors (Lipinski definition) is 2. The van der Waals surface area contributed by atoms with Gasteiger partial charge in [-0.05, 0) is 45.8 Å². The summed E-state index contributed by atoms with van der Waals surface area (Å²) >= 11 is 1.53. The second-order valence-corrected chi connectivity index (χ2v) is 8.68. The zero-order chi connectivity index (χ0) is 29.9. The molecule has 212 valence electrons. The number of nitrogens with zero attached hydrogens (tertiary/aromatic N) is 1. The summed E-state index contributed by atoms with van der Waals surface area (Å²) in [6.07, 6.45) is 21.2. The molecule has 2 rings (SSSR count). The molecule has 0 saturated heterocycles. The molecule has 4 nitrogen and oxygen atoms in total. The van der Waals surface area contributed by atoms with Gasteiger partial charge in [0.15, 0.2) is 0 Å². The van der Waals surface area contributed by atoms with Gasteiger partial charge < -0.3 is 10.1 Å². The molecule has 0 saturated carbocycles. The van der Waals surface area contributed by atoms with Gasteiger partial charge in [-0.25, -0.2) is 9.78 Å². The number of aryl methyl sites for hydroxylation is 1. The van der Waals surface area contributed by atoms with Crippen LogP contribution in [-0.2, 0) is 4.79 Å². The quantitative estimate of drug-likeness (QED) is 0.151. The zero-order valence-corrected chi connectivity index (χ0v) is 26.4. The Morgan fingerprint density at radius 2 is 1.74 bits per heavy atom. The highest BCUT2D eigenvalue weighted by Gasteiger charge is 2.13. The molecule has 2 N–H and O–H groups in total. The van der Waals surface area contributed by atoms with Crippen molar-refractivity contribution in [3.8, 4) is 23.6 Å². The van der Waals surface area contributed by atoms with E-state index in [1.807, 2.05) is 73.0 Å². The number of carboxylic acids is 1. The fourth-order valence-electron chi connectivity index (χ4n) is 2.51. The van der Waals surface area contributed by atoms with E-state index in [1.54, 1.807) is 18.2 Å². The highest BCUT2D eigenvalue weighted by Crippen LogP contribution is 2.31. The van der Waals surface area contributed by atoms with Gasteiger partial charge in [-0.1, -0.05) is 85.1 Å². The first-order valence-electron chi connectivity index (χ1n) is 13.6. The van der Waals surface area contributed by atoms with Crippen molar-refractivity contribution < 1.29 is 9.90 Å². The van der Waals surface area contributed by atoms with Crippen molar-refractivity contribution in [1.29, 1.82) is 0 Å². The Morgan fingerprint density at radius 1 is 1.18 bits per heavy atom. The number of carboxylic acid groups (broad SMARTS) is 1. The van der Waals surface area contributed by atoms with Crippen molar-refractivity contribution in [2.45, 2.75) is 101 Å². The lowest BCUT2D eigenvalue weighted by Gasteiger charge is -2.00. The Labute approximate surface area is 237 Å². The molecule has 0 spiro atoms. The number of aromatic nitrogens is 2. The van der Waals surface area contributed by atoms with Crippen LogP contribution in [-0.4, -0.2) is 21.0 Å². The number of aliphatic carboxylic acids is 1. The molecule has 0 aliphatic heterocycles. The third kappa shape index (κ3) is 17.4. The van der Waals surface area contributed by atoms with Crippen molar-refractivity contribution in [3.05, 3.63) is 64.3 Å². The lowest BCUT2D eigenvalue weighted by atomic mass is 10.1. The molecule has 0 atom stereocenters. The van der Waals surface area contributed by atoms with Gasteiger partial charge in [0, 0.05) is 34.8 Å². The van der Waals surface area contributed by atoms with Gasteiger partial charge in [0.05, 0.1) is 11.3 Å². The molecule has 0 amide bonds. The summed E-state index contributed by atoms with van der Waals surface area (Å²) in [4.78, 5) is 19.3. The molecule has 0 aliphatic carbocycles. The average molecular weight is 541 g/mol. The monoisotopic (exact) mass is 540 g/mol. The molecule has 0 fully saturated rings. The number of allylic oxidation sites excluding steroid dienone is 4. The van der Waals surface area contributed by atoms with Crippen LogP contribution in [0.25, 0.3) is 22.9 Å². The molecule has 0 bridgehead atoms. The topological polar surface area (TPSA) is 66.0 Å². The van der Waals surface area contributed by atoms with E-state index in [-0.39, 0.29) is 0 Å². The van der Waals surface area contributed by atoms with E-state index in [4.69, 9.17) is 11.4 Å². The van der Waals surface area contributed by atoms with Crippen LogP contribution in [0.15, 0.2) is 48.0 Å². The number of terminal acetylenes is 1. The predicted octanol–water partition coefficient (Wildman–Crippen LogP) is 10.7. The predicted molar refractivity (Wildman–Crippen MR) is 173 cm³/mol. The lowest BCUT2D eigenvalue weighted by molar-refractivity contribution is -0.132. The largest absolute Gasteiger partial charge is 0.478 e. The minimum absolute atomic E-state index is 0.322. The third-order valence-electron chi connectivity index (χ3n) is 4.55. The summed E-state index contributed by atoms with van der Waals surface area (Å²) in [6, 6.07) is 0. The summed E-state index contributed by atoms with van der Waals surface area (Å²) in [5, 5.41) is 12.2. The second-order valence-electron chi connectivity index (χ2n) is 7.83. The van der Waals surface area contributed by atoms with Gasteiger partial charge in [0.2, 0.25) is 0 Å². The number of thiazole rings is 1. The van der Waals surface area contributed by atoms with E-state index in [9.17, 15) is 9.90 Å². The Balaban J connectivity index is -0.000000791. The van der Waals surface area contributed by atoms with Gasteiger partial charge in [0.25, 0.3) is 0 Å². The first-order chi connectivity index (χ1) is 18.2. The molecule has 0 aliphatic rings. The van der Waals surface area contributed by atoms with Crippen LogP contribution in [0.2, 0.25) is 0 Å². The normalized spacial score (nSPS) is 10.3. The van der Waals surface area contributed by atoms with E-state index < -0.39 is 5.97 Å². The molecule has 0 unspecified atom stereocenters.